The molecule has 0 aliphatic heterocycles. The van der Waals surface area contributed by atoms with Crippen LogP contribution in [0.25, 0.3) is 0 Å². The van der Waals surface area contributed by atoms with E-state index >= 15 is 0 Å². The zero-order valence-corrected chi connectivity index (χ0v) is 14.0. The number of carboxylic acid groups (broad SMARTS) is 1. The molecule has 0 fully saturated rings. The molecule has 10 heteroatoms. The third kappa shape index (κ3) is 4.06. The van der Waals surface area contributed by atoms with Crippen LogP contribution in [0.15, 0.2) is 42.7 Å². The topological polar surface area (TPSA) is 102 Å². The van der Waals surface area contributed by atoms with E-state index in [2.05, 4.69) is 15.5 Å². The maximum atomic E-state index is 12.9. The summed E-state index contributed by atoms with van der Waals surface area (Å²) in [5.41, 5.74) is 0.875. The summed E-state index contributed by atoms with van der Waals surface area (Å²) < 4.78 is 15.5. The van der Waals surface area contributed by atoms with Crippen molar-refractivity contribution in [1.29, 1.82) is 0 Å². The van der Waals surface area contributed by atoms with Gasteiger partial charge >= 0.3 is 5.97 Å². The zero-order chi connectivity index (χ0) is 18.7. The van der Waals surface area contributed by atoms with E-state index in [1.165, 1.54) is 35.3 Å². The van der Waals surface area contributed by atoms with Crippen LogP contribution in [0.1, 0.15) is 16.1 Å². The second-order valence-electron chi connectivity index (χ2n) is 5.37. The molecule has 1 amide bonds. The van der Waals surface area contributed by atoms with E-state index in [0.717, 1.165) is 10.2 Å². The first kappa shape index (κ1) is 17.6. The van der Waals surface area contributed by atoms with Crippen molar-refractivity contribution in [1.82, 2.24) is 19.6 Å². The van der Waals surface area contributed by atoms with Gasteiger partial charge in [0.2, 0.25) is 0 Å². The number of halogens is 2. The fraction of sp³-hybridized carbons (Fsp3) is 0.125. The minimum Gasteiger partial charge on any atom is -0.480 e. The predicted octanol–water partition coefficient (Wildman–Crippen LogP) is 2.26. The van der Waals surface area contributed by atoms with Crippen molar-refractivity contribution < 1.29 is 19.1 Å². The fourth-order valence-corrected chi connectivity index (χ4v) is 2.49. The van der Waals surface area contributed by atoms with Gasteiger partial charge in [0.25, 0.3) is 5.91 Å². The molecule has 3 aromatic rings. The normalized spacial score (nSPS) is 10.7. The van der Waals surface area contributed by atoms with E-state index in [1.807, 2.05) is 0 Å². The van der Waals surface area contributed by atoms with Gasteiger partial charge in [-0.25, -0.2) is 9.07 Å². The van der Waals surface area contributed by atoms with Gasteiger partial charge in [-0.05, 0) is 23.8 Å². The number of carboxylic acids is 1. The third-order valence-corrected chi connectivity index (χ3v) is 3.72. The Labute approximate surface area is 151 Å². The number of hydrogen-bond acceptors (Lipinski definition) is 4. The number of anilines is 1. The second-order valence-corrected chi connectivity index (χ2v) is 5.78. The molecule has 2 N–H and O–H groups in total. The Kier molecular flexibility index (Phi) is 4.99. The summed E-state index contributed by atoms with van der Waals surface area (Å²) in [6.07, 6.45) is 2.85. The Morgan fingerprint density at radius 1 is 1.23 bits per heavy atom. The highest BCUT2D eigenvalue weighted by atomic mass is 35.5. The molecule has 0 aliphatic rings. The maximum Gasteiger partial charge on any atom is 0.325 e. The molecular weight excluding hydrogens is 365 g/mol. The molecule has 0 saturated carbocycles. The number of rotatable bonds is 6. The lowest BCUT2D eigenvalue weighted by Gasteiger charge is -2.05. The molecule has 0 spiro atoms. The highest BCUT2D eigenvalue weighted by Gasteiger charge is 2.17. The Morgan fingerprint density at radius 3 is 2.65 bits per heavy atom. The van der Waals surface area contributed by atoms with Crippen molar-refractivity contribution >= 4 is 29.3 Å². The number of carbonyl (C=O) groups excluding carboxylic acids is 1. The molecule has 0 unspecified atom stereocenters. The molecule has 8 nitrogen and oxygen atoms in total. The number of hydrogen-bond donors (Lipinski definition) is 2. The van der Waals surface area contributed by atoms with Crippen LogP contribution in [0, 0.1) is 5.82 Å². The van der Waals surface area contributed by atoms with Gasteiger partial charge in [-0.15, -0.1) is 0 Å². The van der Waals surface area contributed by atoms with Crippen molar-refractivity contribution in [2.75, 3.05) is 5.32 Å². The van der Waals surface area contributed by atoms with Crippen LogP contribution in [0.5, 0.6) is 0 Å². The number of nitrogens with zero attached hydrogens (tertiary/aromatic N) is 4. The molecule has 0 saturated heterocycles. The van der Waals surface area contributed by atoms with Crippen LogP contribution in [-0.2, 0) is 17.9 Å². The average Bonchev–Trinajstić information content (AvgIpc) is 3.16. The van der Waals surface area contributed by atoms with Gasteiger partial charge in [0.05, 0.1) is 6.54 Å². The second kappa shape index (κ2) is 7.36. The number of benzene rings is 1. The number of amides is 1. The van der Waals surface area contributed by atoms with E-state index in [4.69, 9.17) is 16.7 Å². The lowest BCUT2D eigenvalue weighted by molar-refractivity contribution is -0.137. The first-order valence-electron chi connectivity index (χ1n) is 7.45. The Bertz CT molecular complexity index is 951. The molecule has 2 heterocycles. The van der Waals surface area contributed by atoms with Gasteiger partial charge in [-0.2, -0.15) is 10.2 Å². The molecule has 0 atom stereocenters. The van der Waals surface area contributed by atoms with Crippen molar-refractivity contribution in [3.05, 3.63) is 64.8 Å². The smallest absolute Gasteiger partial charge is 0.325 e. The lowest BCUT2D eigenvalue weighted by Crippen LogP contribution is -2.21. The van der Waals surface area contributed by atoms with Gasteiger partial charge in [0.1, 0.15) is 23.1 Å². The Morgan fingerprint density at radius 2 is 1.96 bits per heavy atom. The monoisotopic (exact) mass is 377 g/mol. The Balaban J connectivity index is 1.73. The minimum atomic E-state index is -1.12. The van der Waals surface area contributed by atoms with Gasteiger partial charge in [0.15, 0.2) is 5.82 Å². The molecule has 3 rings (SSSR count). The van der Waals surface area contributed by atoms with Crippen molar-refractivity contribution in [2.24, 2.45) is 0 Å². The molecule has 0 radical (unpaired) electrons. The number of carbonyl (C=O) groups is 2. The highest BCUT2D eigenvalue weighted by Crippen LogP contribution is 2.21. The summed E-state index contributed by atoms with van der Waals surface area (Å²) in [4.78, 5) is 23.1. The number of aromatic nitrogens is 4. The lowest BCUT2D eigenvalue weighted by atomic mass is 10.2. The SMILES string of the molecule is O=C(O)Cn1nccc1C(=O)Nc1nn(Cc2ccc(F)cc2)cc1Cl. The highest BCUT2D eigenvalue weighted by molar-refractivity contribution is 6.33. The van der Waals surface area contributed by atoms with E-state index in [9.17, 15) is 14.0 Å². The van der Waals surface area contributed by atoms with Crippen molar-refractivity contribution in [3.8, 4) is 0 Å². The van der Waals surface area contributed by atoms with Crippen LogP contribution in [0.4, 0.5) is 10.2 Å². The van der Waals surface area contributed by atoms with E-state index in [0.29, 0.717) is 6.54 Å². The molecule has 134 valence electrons. The van der Waals surface area contributed by atoms with Crippen molar-refractivity contribution in [3.63, 3.8) is 0 Å². The maximum absolute atomic E-state index is 12.9. The average molecular weight is 378 g/mol. The zero-order valence-electron chi connectivity index (χ0n) is 13.3. The van der Waals surface area contributed by atoms with Gasteiger partial charge in [0, 0.05) is 12.4 Å². The summed E-state index contributed by atoms with van der Waals surface area (Å²) in [5, 5.41) is 19.5. The van der Waals surface area contributed by atoms with E-state index in [1.54, 1.807) is 12.1 Å². The van der Waals surface area contributed by atoms with E-state index in [-0.39, 0.29) is 22.4 Å². The minimum absolute atomic E-state index is 0.0663. The van der Waals surface area contributed by atoms with Gasteiger partial charge < -0.3 is 10.4 Å². The summed E-state index contributed by atoms with van der Waals surface area (Å²) in [5.74, 6) is -1.91. The van der Waals surface area contributed by atoms with Crippen LogP contribution >= 0.6 is 11.6 Å². The molecule has 2 aromatic heterocycles. The third-order valence-electron chi connectivity index (χ3n) is 3.44. The summed E-state index contributed by atoms with van der Waals surface area (Å²) >= 11 is 6.09. The van der Waals surface area contributed by atoms with Crippen LogP contribution in [0.3, 0.4) is 0 Å². The molecular formula is C16H13ClFN5O3. The van der Waals surface area contributed by atoms with E-state index < -0.39 is 18.4 Å². The van der Waals surface area contributed by atoms with Gasteiger partial charge in [-0.1, -0.05) is 23.7 Å². The summed E-state index contributed by atoms with van der Waals surface area (Å²) in [6.45, 7) is -0.102. The standard InChI is InChI=1S/C16H13ClFN5O3/c17-12-8-22(7-10-1-3-11(18)4-2-10)21-15(12)20-16(26)13-5-6-19-23(13)9-14(24)25/h1-6,8H,7,9H2,(H,24,25)(H,20,21,26). The van der Waals surface area contributed by atoms with Gasteiger partial charge in [-0.3, -0.25) is 14.3 Å². The predicted molar refractivity (Wildman–Crippen MR) is 90.6 cm³/mol. The number of aliphatic carboxylic acids is 1. The quantitative estimate of drug-likeness (QED) is 0.686. The number of nitrogens with one attached hydrogen (secondary N) is 1. The molecule has 0 aliphatic carbocycles. The van der Waals surface area contributed by atoms with Crippen LogP contribution in [-0.4, -0.2) is 36.5 Å². The first-order chi connectivity index (χ1) is 12.4. The van der Waals surface area contributed by atoms with Crippen LogP contribution in [0.2, 0.25) is 5.02 Å². The van der Waals surface area contributed by atoms with Crippen LogP contribution < -0.4 is 5.32 Å². The van der Waals surface area contributed by atoms with Crippen molar-refractivity contribution in [2.45, 2.75) is 13.1 Å². The summed E-state index contributed by atoms with van der Waals surface area (Å²) in [6, 6.07) is 7.31. The Hall–Kier alpha value is -3.20. The fourth-order valence-electron chi connectivity index (χ4n) is 2.29. The summed E-state index contributed by atoms with van der Waals surface area (Å²) in [7, 11) is 0. The molecule has 1 aromatic carbocycles. The molecule has 26 heavy (non-hydrogen) atoms. The largest absolute Gasteiger partial charge is 0.480 e. The molecule has 0 bridgehead atoms. The first-order valence-corrected chi connectivity index (χ1v) is 7.82.